The maximum Gasteiger partial charge on any atom is 0.0953 e. The fraction of sp³-hybridized carbons (Fsp3) is 0.368. The molecule has 21 heavy (non-hydrogen) atoms. The fourth-order valence-corrected chi connectivity index (χ4v) is 2.77. The molecule has 2 nitrogen and oxygen atoms in total. The molecule has 0 spiro atoms. The minimum absolute atomic E-state index is 0.163. The molecule has 2 aromatic rings. The second-order valence-corrected chi connectivity index (χ2v) is 6.05. The first-order chi connectivity index (χ1) is 10.2. The quantitative estimate of drug-likeness (QED) is 0.917. The van der Waals surface area contributed by atoms with Crippen molar-refractivity contribution in [3.8, 4) is 11.1 Å². The average Bonchev–Trinajstić information content (AvgIpc) is 2.56. The number of morpholine rings is 1. The van der Waals surface area contributed by atoms with Crippen LogP contribution in [0, 0.1) is 5.92 Å². The SMILES string of the molecule is CC(C)C1CNCC(c2ccc(-c3ccccc3)cc2)O1. The average molecular weight is 281 g/mol. The highest BCUT2D eigenvalue weighted by Crippen LogP contribution is 2.27. The van der Waals surface area contributed by atoms with Crippen LogP contribution in [-0.2, 0) is 4.74 Å². The number of benzene rings is 2. The lowest BCUT2D eigenvalue weighted by Crippen LogP contribution is -2.43. The predicted octanol–water partition coefficient (Wildman–Crippen LogP) is 4.04. The van der Waals surface area contributed by atoms with E-state index in [0.29, 0.717) is 12.0 Å². The lowest BCUT2D eigenvalue weighted by molar-refractivity contribution is -0.0603. The molecule has 2 heteroatoms. The molecule has 0 amide bonds. The van der Waals surface area contributed by atoms with Crippen LogP contribution >= 0.6 is 0 Å². The van der Waals surface area contributed by atoms with Crippen LogP contribution in [0.5, 0.6) is 0 Å². The van der Waals surface area contributed by atoms with E-state index in [2.05, 4.69) is 67.7 Å². The minimum Gasteiger partial charge on any atom is -0.367 e. The summed E-state index contributed by atoms with van der Waals surface area (Å²) in [5.74, 6) is 0.545. The van der Waals surface area contributed by atoms with Crippen molar-refractivity contribution < 1.29 is 4.74 Å². The van der Waals surface area contributed by atoms with Crippen LogP contribution in [0.15, 0.2) is 54.6 Å². The van der Waals surface area contributed by atoms with Gasteiger partial charge in [0.1, 0.15) is 0 Å². The van der Waals surface area contributed by atoms with Crippen LogP contribution in [0.2, 0.25) is 0 Å². The molecule has 1 aliphatic heterocycles. The van der Waals surface area contributed by atoms with Gasteiger partial charge < -0.3 is 10.1 Å². The highest BCUT2D eigenvalue weighted by atomic mass is 16.5. The van der Waals surface area contributed by atoms with E-state index in [-0.39, 0.29) is 6.10 Å². The molecule has 0 aromatic heterocycles. The van der Waals surface area contributed by atoms with Gasteiger partial charge >= 0.3 is 0 Å². The van der Waals surface area contributed by atoms with Crippen molar-refractivity contribution in [3.63, 3.8) is 0 Å². The van der Waals surface area contributed by atoms with Crippen LogP contribution in [0.1, 0.15) is 25.5 Å². The minimum atomic E-state index is 0.163. The molecule has 2 unspecified atom stereocenters. The van der Waals surface area contributed by atoms with Gasteiger partial charge in [-0.3, -0.25) is 0 Å². The van der Waals surface area contributed by atoms with Crippen molar-refractivity contribution in [2.24, 2.45) is 5.92 Å². The van der Waals surface area contributed by atoms with Crippen LogP contribution < -0.4 is 5.32 Å². The zero-order valence-electron chi connectivity index (χ0n) is 12.8. The smallest absolute Gasteiger partial charge is 0.0953 e. The molecule has 0 bridgehead atoms. The number of ether oxygens (including phenoxy) is 1. The predicted molar refractivity (Wildman–Crippen MR) is 87.2 cm³/mol. The van der Waals surface area contributed by atoms with Gasteiger partial charge in [0.25, 0.3) is 0 Å². The van der Waals surface area contributed by atoms with Gasteiger partial charge in [0.05, 0.1) is 12.2 Å². The summed E-state index contributed by atoms with van der Waals surface area (Å²) in [6.07, 6.45) is 0.466. The number of nitrogens with one attached hydrogen (secondary N) is 1. The van der Waals surface area contributed by atoms with Gasteiger partial charge in [-0.05, 0) is 22.6 Å². The Kier molecular flexibility index (Phi) is 4.37. The monoisotopic (exact) mass is 281 g/mol. The molecule has 2 atom stereocenters. The summed E-state index contributed by atoms with van der Waals surface area (Å²) in [5.41, 5.74) is 3.77. The Bertz CT molecular complexity index is 562. The summed E-state index contributed by atoms with van der Waals surface area (Å²) in [6.45, 7) is 6.28. The Morgan fingerprint density at radius 2 is 1.57 bits per heavy atom. The Morgan fingerprint density at radius 1 is 0.905 bits per heavy atom. The molecule has 1 N–H and O–H groups in total. The largest absolute Gasteiger partial charge is 0.367 e. The third kappa shape index (κ3) is 3.34. The second kappa shape index (κ2) is 6.42. The third-order valence-electron chi connectivity index (χ3n) is 4.15. The molecule has 0 aliphatic carbocycles. The first-order valence-corrected chi connectivity index (χ1v) is 7.75. The number of rotatable bonds is 3. The van der Waals surface area contributed by atoms with E-state index in [0.717, 1.165) is 13.1 Å². The van der Waals surface area contributed by atoms with Crippen molar-refractivity contribution in [2.75, 3.05) is 13.1 Å². The maximum absolute atomic E-state index is 6.22. The molecule has 3 rings (SSSR count). The lowest BCUT2D eigenvalue weighted by Gasteiger charge is -2.33. The first-order valence-electron chi connectivity index (χ1n) is 7.75. The summed E-state index contributed by atoms with van der Waals surface area (Å²) in [6, 6.07) is 19.2. The van der Waals surface area contributed by atoms with E-state index in [1.54, 1.807) is 0 Å². The van der Waals surface area contributed by atoms with E-state index >= 15 is 0 Å². The molecule has 0 saturated carbocycles. The topological polar surface area (TPSA) is 21.3 Å². The van der Waals surface area contributed by atoms with Crippen molar-refractivity contribution >= 4 is 0 Å². The van der Waals surface area contributed by atoms with Crippen molar-refractivity contribution in [1.29, 1.82) is 0 Å². The Hall–Kier alpha value is -1.64. The molecule has 1 saturated heterocycles. The summed E-state index contributed by atoms with van der Waals surface area (Å²) >= 11 is 0. The molecule has 1 aliphatic rings. The van der Waals surface area contributed by atoms with Crippen LogP contribution in [-0.4, -0.2) is 19.2 Å². The fourth-order valence-electron chi connectivity index (χ4n) is 2.77. The van der Waals surface area contributed by atoms with Gasteiger partial charge in [0.15, 0.2) is 0 Å². The van der Waals surface area contributed by atoms with Gasteiger partial charge in [-0.2, -0.15) is 0 Å². The van der Waals surface area contributed by atoms with E-state index in [1.165, 1.54) is 16.7 Å². The molecule has 1 fully saturated rings. The highest BCUT2D eigenvalue weighted by molar-refractivity contribution is 5.63. The first kappa shape index (κ1) is 14.3. The number of hydrogen-bond donors (Lipinski definition) is 1. The van der Waals surface area contributed by atoms with E-state index in [9.17, 15) is 0 Å². The highest BCUT2D eigenvalue weighted by Gasteiger charge is 2.25. The van der Waals surface area contributed by atoms with Crippen molar-refractivity contribution in [2.45, 2.75) is 26.1 Å². The standard InChI is InChI=1S/C19H23NO/c1-14(2)18-12-20-13-19(21-18)17-10-8-16(9-11-17)15-6-4-3-5-7-15/h3-11,14,18-20H,12-13H2,1-2H3. The summed E-state index contributed by atoms with van der Waals surface area (Å²) in [5, 5.41) is 3.49. The zero-order valence-corrected chi connectivity index (χ0v) is 12.8. The second-order valence-electron chi connectivity index (χ2n) is 6.05. The maximum atomic E-state index is 6.22. The van der Waals surface area contributed by atoms with Gasteiger partial charge in [-0.25, -0.2) is 0 Å². The molecule has 110 valence electrons. The summed E-state index contributed by atoms with van der Waals surface area (Å²) < 4.78 is 6.22. The van der Waals surface area contributed by atoms with Gasteiger partial charge in [-0.15, -0.1) is 0 Å². The number of hydrogen-bond acceptors (Lipinski definition) is 2. The molecule has 2 aromatic carbocycles. The van der Waals surface area contributed by atoms with Gasteiger partial charge in [0.2, 0.25) is 0 Å². The summed E-state index contributed by atoms with van der Waals surface area (Å²) in [7, 11) is 0. The van der Waals surface area contributed by atoms with Gasteiger partial charge in [0, 0.05) is 13.1 Å². The Labute approximate surface area is 127 Å². The third-order valence-corrected chi connectivity index (χ3v) is 4.15. The van der Waals surface area contributed by atoms with Gasteiger partial charge in [-0.1, -0.05) is 68.4 Å². The summed E-state index contributed by atoms with van der Waals surface area (Å²) in [4.78, 5) is 0. The normalized spacial score (nSPS) is 22.4. The van der Waals surface area contributed by atoms with E-state index < -0.39 is 0 Å². The molecule has 1 heterocycles. The Morgan fingerprint density at radius 3 is 2.24 bits per heavy atom. The Balaban J connectivity index is 1.75. The zero-order chi connectivity index (χ0) is 14.7. The van der Waals surface area contributed by atoms with E-state index in [1.807, 2.05) is 6.07 Å². The van der Waals surface area contributed by atoms with Crippen LogP contribution in [0.25, 0.3) is 11.1 Å². The van der Waals surface area contributed by atoms with Crippen molar-refractivity contribution in [3.05, 3.63) is 60.2 Å². The van der Waals surface area contributed by atoms with Crippen molar-refractivity contribution in [1.82, 2.24) is 5.32 Å². The van der Waals surface area contributed by atoms with Crippen LogP contribution in [0.4, 0.5) is 0 Å². The molecular weight excluding hydrogens is 258 g/mol. The van der Waals surface area contributed by atoms with Crippen LogP contribution in [0.3, 0.4) is 0 Å². The van der Waals surface area contributed by atoms with E-state index in [4.69, 9.17) is 4.74 Å². The lowest BCUT2D eigenvalue weighted by atomic mass is 10.00. The molecular formula is C19H23NO. The molecule has 0 radical (unpaired) electrons.